The van der Waals surface area contributed by atoms with E-state index in [4.69, 9.17) is 16.3 Å². The van der Waals surface area contributed by atoms with E-state index in [9.17, 15) is 14.9 Å². The molecule has 4 rings (SSSR count). The zero-order valence-electron chi connectivity index (χ0n) is 16.6. The number of nitrogens with zero attached hydrogens (tertiary/aromatic N) is 3. The highest BCUT2D eigenvalue weighted by Crippen LogP contribution is 2.28. The van der Waals surface area contributed by atoms with Gasteiger partial charge in [0.05, 0.1) is 21.7 Å². The first-order valence-corrected chi connectivity index (χ1v) is 10.8. The van der Waals surface area contributed by atoms with Crippen LogP contribution in [0.1, 0.15) is 17.3 Å². The largest absolute Gasteiger partial charge is 0.380 e. The summed E-state index contributed by atoms with van der Waals surface area (Å²) in [5.74, 6) is -0.713. The van der Waals surface area contributed by atoms with Crippen molar-refractivity contribution in [3.8, 4) is 0 Å². The molecule has 0 bridgehead atoms. The van der Waals surface area contributed by atoms with E-state index in [1.54, 1.807) is 0 Å². The summed E-state index contributed by atoms with van der Waals surface area (Å²) in [6.45, 7) is 3.44. The van der Waals surface area contributed by atoms with Crippen molar-refractivity contribution in [2.75, 3.05) is 13.2 Å². The van der Waals surface area contributed by atoms with Gasteiger partial charge in [0, 0.05) is 29.6 Å². The van der Waals surface area contributed by atoms with Crippen LogP contribution >= 0.6 is 22.9 Å². The van der Waals surface area contributed by atoms with Gasteiger partial charge in [-0.05, 0) is 30.5 Å². The molecule has 0 radical (unpaired) electrons. The molecule has 0 aliphatic heterocycles. The molecule has 0 aliphatic carbocycles. The van der Waals surface area contributed by atoms with Gasteiger partial charge in [0.2, 0.25) is 0 Å². The standard InChI is InChI=1S/C22H18ClN3O4S/c1-2-30-12-11-25-19-9-7-14-5-3-4-6-16(14)20(19)31-22(25)24-21(27)17-13-15(23)8-10-18(17)26(28)29/h3-10,13H,2,11-12H2,1H3. The van der Waals surface area contributed by atoms with Crippen molar-refractivity contribution in [3.05, 3.63) is 80.1 Å². The number of fused-ring (bicyclic) bond motifs is 3. The van der Waals surface area contributed by atoms with Gasteiger partial charge in [-0.1, -0.05) is 53.3 Å². The molecule has 1 aromatic heterocycles. The molecule has 158 valence electrons. The first-order valence-electron chi connectivity index (χ1n) is 9.61. The lowest BCUT2D eigenvalue weighted by Crippen LogP contribution is -2.20. The third-order valence-electron chi connectivity index (χ3n) is 4.82. The van der Waals surface area contributed by atoms with Crippen molar-refractivity contribution in [1.29, 1.82) is 0 Å². The maximum absolute atomic E-state index is 12.9. The van der Waals surface area contributed by atoms with E-state index in [0.29, 0.717) is 24.6 Å². The van der Waals surface area contributed by atoms with Crippen LogP contribution in [0.4, 0.5) is 5.69 Å². The summed E-state index contributed by atoms with van der Waals surface area (Å²) < 4.78 is 8.41. The Balaban J connectivity index is 1.91. The SMILES string of the molecule is CCOCCn1c(=NC(=O)c2cc(Cl)ccc2[N+](=O)[O-])sc2c3ccccc3ccc21. The molecular formula is C22H18ClN3O4S. The number of carbonyl (C=O) groups is 1. The number of hydrogen-bond donors (Lipinski definition) is 0. The Hall–Kier alpha value is -3.07. The van der Waals surface area contributed by atoms with E-state index in [-0.39, 0.29) is 16.3 Å². The monoisotopic (exact) mass is 455 g/mol. The van der Waals surface area contributed by atoms with Gasteiger partial charge in [-0.15, -0.1) is 0 Å². The third-order valence-corrected chi connectivity index (χ3v) is 6.18. The number of benzene rings is 3. The number of thiazole rings is 1. The third kappa shape index (κ3) is 4.23. The predicted molar refractivity (Wildman–Crippen MR) is 122 cm³/mol. The van der Waals surface area contributed by atoms with Crippen molar-refractivity contribution in [1.82, 2.24) is 4.57 Å². The predicted octanol–water partition coefficient (Wildman–Crippen LogP) is 5.20. The molecular weight excluding hydrogens is 438 g/mol. The van der Waals surface area contributed by atoms with Crippen LogP contribution in [0.3, 0.4) is 0 Å². The minimum Gasteiger partial charge on any atom is -0.380 e. The van der Waals surface area contributed by atoms with Crippen LogP contribution in [-0.2, 0) is 11.3 Å². The van der Waals surface area contributed by atoms with Crippen LogP contribution < -0.4 is 4.80 Å². The van der Waals surface area contributed by atoms with Gasteiger partial charge in [-0.2, -0.15) is 4.99 Å². The summed E-state index contributed by atoms with van der Waals surface area (Å²) in [5, 5.41) is 13.7. The molecule has 3 aromatic carbocycles. The molecule has 0 atom stereocenters. The van der Waals surface area contributed by atoms with Gasteiger partial charge in [0.15, 0.2) is 4.80 Å². The van der Waals surface area contributed by atoms with E-state index >= 15 is 0 Å². The van der Waals surface area contributed by atoms with Crippen LogP contribution in [0.25, 0.3) is 21.0 Å². The molecule has 0 saturated carbocycles. The van der Waals surface area contributed by atoms with Gasteiger partial charge in [0.25, 0.3) is 11.6 Å². The molecule has 0 spiro atoms. The highest BCUT2D eigenvalue weighted by molar-refractivity contribution is 7.17. The fourth-order valence-corrected chi connectivity index (χ4v) is 4.75. The molecule has 0 fully saturated rings. The number of nitro groups is 1. The molecule has 9 heteroatoms. The molecule has 1 amide bonds. The zero-order chi connectivity index (χ0) is 22.0. The Morgan fingerprint density at radius 1 is 1.23 bits per heavy atom. The van der Waals surface area contributed by atoms with Crippen molar-refractivity contribution in [2.24, 2.45) is 4.99 Å². The lowest BCUT2D eigenvalue weighted by molar-refractivity contribution is -0.385. The van der Waals surface area contributed by atoms with E-state index in [1.807, 2.05) is 47.9 Å². The second kappa shape index (κ2) is 8.97. The second-order valence-electron chi connectivity index (χ2n) is 6.70. The topological polar surface area (TPSA) is 86.7 Å². The molecule has 1 heterocycles. The normalized spacial score (nSPS) is 12.0. The number of amides is 1. The van der Waals surface area contributed by atoms with Gasteiger partial charge in [-0.3, -0.25) is 14.9 Å². The molecule has 31 heavy (non-hydrogen) atoms. The first kappa shape index (κ1) is 21.2. The molecule has 7 nitrogen and oxygen atoms in total. The minimum atomic E-state index is -0.713. The summed E-state index contributed by atoms with van der Waals surface area (Å²) in [4.78, 5) is 28.4. The minimum absolute atomic E-state index is 0.142. The molecule has 0 N–H and O–H groups in total. The summed E-state index contributed by atoms with van der Waals surface area (Å²) in [5.41, 5.74) is 0.456. The Kier molecular flexibility index (Phi) is 6.13. The number of hydrogen-bond acceptors (Lipinski definition) is 5. The van der Waals surface area contributed by atoms with E-state index < -0.39 is 10.8 Å². The van der Waals surface area contributed by atoms with E-state index in [2.05, 4.69) is 4.99 Å². The number of ether oxygens (including phenoxy) is 1. The summed E-state index contributed by atoms with van der Waals surface area (Å²) in [6, 6.07) is 15.9. The van der Waals surface area contributed by atoms with E-state index in [1.165, 1.54) is 29.5 Å². The van der Waals surface area contributed by atoms with Gasteiger partial charge >= 0.3 is 0 Å². The second-order valence-corrected chi connectivity index (χ2v) is 8.12. The van der Waals surface area contributed by atoms with Crippen LogP contribution in [-0.4, -0.2) is 28.6 Å². The molecule has 0 aliphatic rings. The summed E-state index contributed by atoms with van der Waals surface area (Å²) in [6.07, 6.45) is 0. The Labute approximate surface area is 186 Å². The summed E-state index contributed by atoms with van der Waals surface area (Å²) in [7, 11) is 0. The van der Waals surface area contributed by atoms with Crippen molar-refractivity contribution in [2.45, 2.75) is 13.5 Å². The first-order chi connectivity index (χ1) is 15.0. The zero-order valence-corrected chi connectivity index (χ0v) is 18.2. The molecule has 0 unspecified atom stereocenters. The van der Waals surface area contributed by atoms with Gasteiger partial charge in [-0.25, -0.2) is 0 Å². The lowest BCUT2D eigenvalue weighted by Gasteiger charge is -2.06. The number of halogens is 1. The number of nitro benzene ring substituents is 1. The highest BCUT2D eigenvalue weighted by atomic mass is 35.5. The van der Waals surface area contributed by atoms with Crippen LogP contribution in [0, 0.1) is 10.1 Å². The average molecular weight is 456 g/mol. The smallest absolute Gasteiger partial charge is 0.286 e. The highest BCUT2D eigenvalue weighted by Gasteiger charge is 2.21. The van der Waals surface area contributed by atoms with Crippen molar-refractivity contribution >= 4 is 55.5 Å². The summed E-state index contributed by atoms with van der Waals surface area (Å²) >= 11 is 7.35. The maximum atomic E-state index is 12.9. The van der Waals surface area contributed by atoms with Crippen molar-refractivity contribution in [3.63, 3.8) is 0 Å². The number of aromatic nitrogens is 1. The average Bonchev–Trinajstić information content (AvgIpc) is 3.11. The van der Waals surface area contributed by atoms with E-state index in [0.717, 1.165) is 21.0 Å². The van der Waals surface area contributed by atoms with Crippen molar-refractivity contribution < 1.29 is 14.5 Å². The molecule has 0 saturated heterocycles. The van der Waals surface area contributed by atoms with Gasteiger partial charge in [0.1, 0.15) is 5.56 Å². The molecule has 4 aromatic rings. The number of carbonyl (C=O) groups excluding carboxylic acids is 1. The maximum Gasteiger partial charge on any atom is 0.286 e. The Morgan fingerprint density at radius 2 is 2.03 bits per heavy atom. The fourth-order valence-electron chi connectivity index (χ4n) is 3.39. The Bertz CT molecular complexity index is 1380. The lowest BCUT2D eigenvalue weighted by atomic mass is 10.1. The fraction of sp³-hybridized carbons (Fsp3) is 0.182. The van der Waals surface area contributed by atoms with Crippen LogP contribution in [0.15, 0.2) is 59.6 Å². The van der Waals surface area contributed by atoms with Crippen LogP contribution in [0.2, 0.25) is 5.02 Å². The quantitative estimate of drug-likeness (QED) is 0.227. The number of rotatable bonds is 6. The van der Waals surface area contributed by atoms with Crippen LogP contribution in [0.5, 0.6) is 0 Å². The Morgan fingerprint density at radius 3 is 2.81 bits per heavy atom. The van der Waals surface area contributed by atoms with Gasteiger partial charge < -0.3 is 9.30 Å².